The van der Waals surface area contributed by atoms with Gasteiger partial charge in [0.1, 0.15) is 0 Å². The minimum Gasteiger partial charge on any atom is -0.383 e. The summed E-state index contributed by atoms with van der Waals surface area (Å²) in [7, 11) is 1.76. The van der Waals surface area contributed by atoms with Crippen LogP contribution in [0.1, 0.15) is 35.0 Å². The van der Waals surface area contributed by atoms with E-state index in [0.29, 0.717) is 6.04 Å². The number of ketones is 1. The van der Waals surface area contributed by atoms with E-state index in [1.165, 1.54) is 18.4 Å². The maximum Gasteiger partial charge on any atom is 0.169 e. The lowest BCUT2D eigenvalue weighted by molar-refractivity contribution is 0.102. The monoisotopic (exact) mass is 253 g/mol. The molecule has 4 heteroatoms. The molecule has 0 unspecified atom stereocenters. The Hall–Kier alpha value is -0.710. The average Bonchev–Trinajstić information content (AvgIpc) is 2.90. The first kappa shape index (κ1) is 12.7. The number of nitrogens with zero attached hydrogens (tertiary/aromatic N) is 1. The fourth-order valence-corrected chi connectivity index (χ4v) is 3.17. The Kier molecular flexibility index (Phi) is 4.31. The van der Waals surface area contributed by atoms with E-state index in [1.807, 2.05) is 6.07 Å². The third-order valence-electron chi connectivity index (χ3n) is 3.24. The molecule has 0 bridgehead atoms. The summed E-state index contributed by atoms with van der Waals surface area (Å²) < 4.78 is 5.24. The summed E-state index contributed by atoms with van der Waals surface area (Å²) in [6, 6.07) is 2.57. The second-order valence-corrected chi connectivity index (χ2v) is 5.51. The Balaban J connectivity index is 1.97. The minimum atomic E-state index is 0.163. The van der Waals surface area contributed by atoms with Gasteiger partial charge in [-0.25, -0.2) is 0 Å². The van der Waals surface area contributed by atoms with Crippen LogP contribution in [0.15, 0.2) is 11.4 Å². The van der Waals surface area contributed by atoms with Gasteiger partial charge in [-0.1, -0.05) is 0 Å². The van der Waals surface area contributed by atoms with Crippen molar-refractivity contribution < 1.29 is 9.53 Å². The van der Waals surface area contributed by atoms with E-state index in [2.05, 4.69) is 10.3 Å². The van der Waals surface area contributed by atoms with Crippen LogP contribution >= 0.6 is 11.3 Å². The minimum absolute atomic E-state index is 0.163. The van der Waals surface area contributed by atoms with Crippen molar-refractivity contribution in [2.24, 2.45) is 0 Å². The van der Waals surface area contributed by atoms with Crippen molar-refractivity contribution in [1.82, 2.24) is 4.90 Å². The molecule has 1 aliphatic heterocycles. The van der Waals surface area contributed by atoms with Gasteiger partial charge in [-0.05, 0) is 43.3 Å². The van der Waals surface area contributed by atoms with Gasteiger partial charge in [0.25, 0.3) is 0 Å². The fourth-order valence-electron chi connectivity index (χ4n) is 2.36. The van der Waals surface area contributed by atoms with E-state index in [9.17, 15) is 4.79 Å². The topological polar surface area (TPSA) is 29.5 Å². The smallest absolute Gasteiger partial charge is 0.169 e. The predicted octanol–water partition coefficient (Wildman–Crippen LogP) is 2.56. The van der Waals surface area contributed by atoms with Crippen molar-refractivity contribution in [2.75, 3.05) is 20.3 Å². The Morgan fingerprint density at radius 1 is 1.65 bits per heavy atom. The van der Waals surface area contributed by atoms with Gasteiger partial charge >= 0.3 is 0 Å². The molecule has 17 heavy (non-hydrogen) atoms. The summed E-state index contributed by atoms with van der Waals surface area (Å²) in [6.45, 7) is 4.51. The number of ether oxygens (including phenoxy) is 1. The van der Waals surface area contributed by atoms with E-state index in [-0.39, 0.29) is 5.78 Å². The van der Waals surface area contributed by atoms with Gasteiger partial charge in [-0.15, -0.1) is 11.3 Å². The van der Waals surface area contributed by atoms with Crippen molar-refractivity contribution in [3.05, 3.63) is 21.9 Å². The zero-order chi connectivity index (χ0) is 12.3. The summed E-state index contributed by atoms with van der Waals surface area (Å²) in [5.41, 5.74) is 1.25. The summed E-state index contributed by atoms with van der Waals surface area (Å²) in [6.07, 6.45) is 2.47. The number of hydrogen-bond donors (Lipinski definition) is 0. The quantitative estimate of drug-likeness (QED) is 0.755. The fraction of sp³-hybridized carbons (Fsp3) is 0.615. The van der Waals surface area contributed by atoms with Crippen LogP contribution in [0.25, 0.3) is 0 Å². The van der Waals surface area contributed by atoms with Crippen LogP contribution in [0.3, 0.4) is 0 Å². The molecule has 3 nitrogen and oxygen atoms in total. The highest BCUT2D eigenvalue weighted by Crippen LogP contribution is 2.23. The summed E-state index contributed by atoms with van der Waals surface area (Å²) in [5, 5.41) is 2.10. The van der Waals surface area contributed by atoms with Crippen LogP contribution in [-0.4, -0.2) is 37.0 Å². The molecule has 94 valence electrons. The molecule has 0 radical (unpaired) electrons. The maximum atomic E-state index is 11.2. The Morgan fingerprint density at radius 3 is 3.12 bits per heavy atom. The van der Waals surface area contributed by atoms with Gasteiger partial charge in [0.2, 0.25) is 0 Å². The molecule has 1 saturated heterocycles. The van der Waals surface area contributed by atoms with E-state index < -0.39 is 0 Å². The Labute approximate surface area is 106 Å². The number of likely N-dealkylation sites (tertiary alicyclic amines) is 1. The Bertz CT molecular complexity index is 389. The van der Waals surface area contributed by atoms with Gasteiger partial charge < -0.3 is 4.74 Å². The zero-order valence-electron chi connectivity index (χ0n) is 10.4. The molecule has 0 spiro atoms. The van der Waals surface area contributed by atoms with Crippen molar-refractivity contribution in [3.8, 4) is 0 Å². The van der Waals surface area contributed by atoms with Crippen molar-refractivity contribution >= 4 is 17.1 Å². The number of hydrogen-bond acceptors (Lipinski definition) is 4. The maximum absolute atomic E-state index is 11.2. The predicted molar refractivity (Wildman–Crippen MR) is 69.6 cm³/mol. The second kappa shape index (κ2) is 5.76. The van der Waals surface area contributed by atoms with Crippen LogP contribution in [-0.2, 0) is 11.3 Å². The molecule has 0 aliphatic carbocycles. The molecule has 1 aliphatic rings. The number of Topliss-reactive ketones (excluding diaryl/α,β-unsaturated/α-hetero) is 1. The van der Waals surface area contributed by atoms with Crippen LogP contribution in [0.4, 0.5) is 0 Å². The molecular weight excluding hydrogens is 234 g/mol. The first-order valence-corrected chi connectivity index (χ1v) is 6.90. The highest BCUT2D eigenvalue weighted by Gasteiger charge is 2.24. The van der Waals surface area contributed by atoms with Crippen LogP contribution in [0.5, 0.6) is 0 Å². The number of rotatable bonds is 5. The van der Waals surface area contributed by atoms with Gasteiger partial charge in [0.05, 0.1) is 11.5 Å². The molecule has 1 fully saturated rings. The lowest BCUT2D eigenvalue weighted by Crippen LogP contribution is -2.32. The molecule has 2 rings (SSSR count). The normalized spacial score (nSPS) is 20.9. The molecule has 1 atom stereocenters. The highest BCUT2D eigenvalue weighted by atomic mass is 32.1. The van der Waals surface area contributed by atoms with E-state index >= 15 is 0 Å². The van der Waals surface area contributed by atoms with E-state index in [1.54, 1.807) is 25.4 Å². The largest absolute Gasteiger partial charge is 0.383 e. The summed E-state index contributed by atoms with van der Waals surface area (Å²) >= 11 is 1.55. The number of carbonyl (C=O) groups is 1. The molecule has 1 aromatic heterocycles. The van der Waals surface area contributed by atoms with E-state index in [0.717, 1.165) is 24.6 Å². The number of thiophene rings is 1. The zero-order valence-corrected chi connectivity index (χ0v) is 11.3. The highest BCUT2D eigenvalue weighted by molar-refractivity contribution is 7.12. The third kappa shape index (κ3) is 3.15. The lowest BCUT2D eigenvalue weighted by Gasteiger charge is -2.23. The first-order chi connectivity index (χ1) is 8.20. The Morgan fingerprint density at radius 2 is 2.47 bits per heavy atom. The van der Waals surface area contributed by atoms with Crippen LogP contribution in [0.2, 0.25) is 0 Å². The molecule has 0 N–H and O–H groups in total. The molecule has 0 amide bonds. The second-order valence-electron chi connectivity index (χ2n) is 4.60. The van der Waals surface area contributed by atoms with Gasteiger partial charge in [-0.3, -0.25) is 9.69 Å². The molecular formula is C13H19NO2S. The molecule has 2 heterocycles. The van der Waals surface area contributed by atoms with Crippen LogP contribution in [0, 0.1) is 0 Å². The molecule has 0 saturated carbocycles. The van der Waals surface area contributed by atoms with Gasteiger partial charge in [0, 0.05) is 19.7 Å². The van der Waals surface area contributed by atoms with Gasteiger partial charge in [0.15, 0.2) is 5.78 Å². The number of carbonyl (C=O) groups excluding carboxylic acids is 1. The average molecular weight is 253 g/mol. The third-order valence-corrected chi connectivity index (χ3v) is 4.32. The lowest BCUT2D eigenvalue weighted by atomic mass is 10.2. The van der Waals surface area contributed by atoms with Crippen LogP contribution < -0.4 is 0 Å². The van der Waals surface area contributed by atoms with Crippen molar-refractivity contribution in [2.45, 2.75) is 32.4 Å². The van der Waals surface area contributed by atoms with Crippen molar-refractivity contribution in [3.63, 3.8) is 0 Å². The van der Waals surface area contributed by atoms with E-state index in [4.69, 9.17) is 4.74 Å². The molecule has 0 aromatic carbocycles. The summed E-state index contributed by atoms with van der Waals surface area (Å²) in [5.74, 6) is 0.163. The van der Waals surface area contributed by atoms with Crippen molar-refractivity contribution in [1.29, 1.82) is 0 Å². The van der Waals surface area contributed by atoms with Gasteiger partial charge in [-0.2, -0.15) is 0 Å². The molecule has 1 aromatic rings. The standard InChI is InChI=1S/C13H19NO2S/c1-10(15)13-6-11(9-17-13)7-14-5-3-4-12(14)8-16-2/h6,9,12H,3-5,7-8H2,1-2H3/t12-/m0/s1. The summed E-state index contributed by atoms with van der Waals surface area (Å²) in [4.78, 5) is 14.6. The SMILES string of the molecule is COC[C@@H]1CCCN1Cc1csc(C(C)=O)c1. The first-order valence-electron chi connectivity index (χ1n) is 6.02. The number of methoxy groups -OCH3 is 1.